The van der Waals surface area contributed by atoms with Gasteiger partial charge >= 0.3 is 0 Å². The molecule has 1 heterocycles. The van der Waals surface area contributed by atoms with Crippen LogP contribution in [0.4, 0.5) is 0 Å². The van der Waals surface area contributed by atoms with Gasteiger partial charge in [0.15, 0.2) is 0 Å². The second kappa shape index (κ2) is 5.98. The Balaban J connectivity index is 2.06. The van der Waals surface area contributed by atoms with Gasteiger partial charge in [0.25, 0.3) is 0 Å². The fraction of sp³-hybridized carbons (Fsp3) is 0.125. The van der Waals surface area contributed by atoms with Crippen LogP contribution >= 0.6 is 43.2 Å². The summed E-state index contributed by atoms with van der Waals surface area (Å²) in [5.74, 6) is 0. The molecule has 1 atom stereocenters. The molecule has 0 radical (unpaired) electrons. The Labute approximate surface area is 139 Å². The van der Waals surface area contributed by atoms with Crippen molar-refractivity contribution in [3.8, 4) is 0 Å². The summed E-state index contributed by atoms with van der Waals surface area (Å²) in [7, 11) is 2.00. The first kappa shape index (κ1) is 14.3. The molecule has 0 saturated heterocycles. The highest BCUT2D eigenvalue weighted by molar-refractivity contribution is 9.13. The molecule has 0 spiro atoms. The highest BCUT2D eigenvalue weighted by Crippen LogP contribution is 2.37. The second-order valence-corrected chi connectivity index (χ2v) is 7.85. The van der Waals surface area contributed by atoms with Gasteiger partial charge in [-0.25, -0.2) is 0 Å². The van der Waals surface area contributed by atoms with Crippen LogP contribution in [0.25, 0.3) is 10.8 Å². The monoisotopic (exact) mass is 409 g/mol. The van der Waals surface area contributed by atoms with Crippen molar-refractivity contribution in [3.63, 3.8) is 0 Å². The lowest BCUT2D eigenvalue weighted by molar-refractivity contribution is 0.704. The van der Waals surface area contributed by atoms with Gasteiger partial charge < -0.3 is 5.32 Å². The van der Waals surface area contributed by atoms with Crippen LogP contribution in [0.15, 0.2) is 56.8 Å². The first-order valence-electron chi connectivity index (χ1n) is 6.29. The third kappa shape index (κ3) is 2.70. The Bertz CT molecular complexity index is 732. The number of halogens is 2. The molecule has 0 saturated carbocycles. The van der Waals surface area contributed by atoms with Gasteiger partial charge in [0.2, 0.25) is 0 Å². The van der Waals surface area contributed by atoms with Gasteiger partial charge in [-0.1, -0.05) is 36.4 Å². The number of hydrogen-bond acceptors (Lipinski definition) is 2. The molecule has 102 valence electrons. The third-order valence-electron chi connectivity index (χ3n) is 3.34. The summed E-state index contributed by atoms with van der Waals surface area (Å²) in [5, 5.41) is 5.96. The van der Waals surface area contributed by atoms with E-state index in [0.717, 1.165) is 8.26 Å². The molecule has 20 heavy (non-hydrogen) atoms. The molecule has 3 rings (SSSR count). The van der Waals surface area contributed by atoms with Gasteiger partial charge in [0.1, 0.15) is 0 Å². The quantitative estimate of drug-likeness (QED) is 0.580. The maximum atomic E-state index is 3.57. The zero-order valence-corrected chi connectivity index (χ0v) is 14.8. The molecule has 0 aliphatic heterocycles. The Morgan fingerprint density at radius 1 is 1.00 bits per heavy atom. The SMILES string of the molecule is CNC(c1ccc2ccccc2c1)c1cc(Br)c(Br)s1. The van der Waals surface area contributed by atoms with E-state index in [-0.39, 0.29) is 6.04 Å². The van der Waals surface area contributed by atoms with E-state index >= 15 is 0 Å². The fourth-order valence-corrected chi connectivity index (χ4v) is 4.59. The summed E-state index contributed by atoms with van der Waals surface area (Å²) < 4.78 is 2.24. The maximum absolute atomic E-state index is 3.57. The van der Waals surface area contributed by atoms with Gasteiger partial charge in [0.05, 0.1) is 9.83 Å². The Morgan fingerprint density at radius 3 is 2.40 bits per heavy atom. The minimum atomic E-state index is 0.215. The summed E-state index contributed by atoms with van der Waals surface area (Å²) in [6.07, 6.45) is 0. The van der Waals surface area contributed by atoms with Gasteiger partial charge in [-0.05, 0) is 67.4 Å². The van der Waals surface area contributed by atoms with Crippen LogP contribution in [-0.4, -0.2) is 7.05 Å². The molecule has 0 amide bonds. The van der Waals surface area contributed by atoms with Crippen molar-refractivity contribution in [2.45, 2.75) is 6.04 Å². The first-order valence-corrected chi connectivity index (χ1v) is 8.70. The van der Waals surface area contributed by atoms with Crippen molar-refractivity contribution in [3.05, 3.63) is 67.2 Å². The van der Waals surface area contributed by atoms with E-state index in [1.807, 2.05) is 7.05 Å². The zero-order valence-electron chi connectivity index (χ0n) is 10.9. The average molecular weight is 411 g/mol. The number of benzene rings is 2. The largest absolute Gasteiger partial charge is 0.309 e. The average Bonchev–Trinajstić information content (AvgIpc) is 2.79. The second-order valence-electron chi connectivity index (χ2n) is 4.60. The normalized spacial score (nSPS) is 12.8. The summed E-state index contributed by atoms with van der Waals surface area (Å²) in [6.45, 7) is 0. The lowest BCUT2D eigenvalue weighted by Crippen LogP contribution is -2.16. The van der Waals surface area contributed by atoms with Gasteiger partial charge in [-0.3, -0.25) is 0 Å². The summed E-state index contributed by atoms with van der Waals surface area (Å²) in [4.78, 5) is 1.29. The molecule has 3 aromatic rings. The van der Waals surface area contributed by atoms with E-state index in [2.05, 4.69) is 85.7 Å². The molecule has 1 unspecified atom stereocenters. The number of hydrogen-bond donors (Lipinski definition) is 1. The highest BCUT2D eigenvalue weighted by Gasteiger charge is 2.16. The zero-order chi connectivity index (χ0) is 14.1. The van der Waals surface area contributed by atoms with Crippen LogP contribution in [0.1, 0.15) is 16.5 Å². The molecule has 2 aromatic carbocycles. The van der Waals surface area contributed by atoms with Crippen LogP contribution < -0.4 is 5.32 Å². The summed E-state index contributed by atoms with van der Waals surface area (Å²) in [6, 6.07) is 17.5. The van der Waals surface area contributed by atoms with Crippen molar-refractivity contribution in [1.29, 1.82) is 0 Å². The van der Waals surface area contributed by atoms with E-state index in [0.29, 0.717) is 0 Å². The molecular formula is C16H13Br2NS. The topological polar surface area (TPSA) is 12.0 Å². The molecule has 0 fully saturated rings. The number of nitrogens with one attached hydrogen (secondary N) is 1. The summed E-state index contributed by atoms with van der Waals surface area (Å²) >= 11 is 8.89. The molecule has 4 heteroatoms. The predicted octanol–water partition coefficient (Wildman–Crippen LogP) is 5.74. The standard InChI is InChI=1S/C16H13Br2NS/c1-19-15(14-9-13(17)16(18)20-14)12-7-6-10-4-2-3-5-11(10)8-12/h2-9,15,19H,1H3. The Hall–Kier alpha value is -0.680. The van der Waals surface area contributed by atoms with Gasteiger partial charge in [-0.15, -0.1) is 11.3 Å². The Kier molecular flexibility index (Phi) is 4.26. The Morgan fingerprint density at radius 2 is 1.75 bits per heavy atom. The predicted molar refractivity (Wildman–Crippen MR) is 94.6 cm³/mol. The van der Waals surface area contributed by atoms with Crippen LogP contribution in [0, 0.1) is 0 Å². The van der Waals surface area contributed by atoms with Crippen LogP contribution in [0.2, 0.25) is 0 Å². The van der Waals surface area contributed by atoms with Crippen molar-refractivity contribution >= 4 is 54.0 Å². The highest BCUT2D eigenvalue weighted by atomic mass is 79.9. The number of thiophene rings is 1. The molecule has 0 bridgehead atoms. The molecule has 0 aliphatic carbocycles. The van der Waals surface area contributed by atoms with E-state index < -0.39 is 0 Å². The minimum absolute atomic E-state index is 0.215. The maximum Gasteiger partial charge on any atom is 0.0843 e. The molecular weight excluding hydrogens is 398 g/mol. The number of rotatable bonds is 3. The fourth-order valence-electron chi connectivity index (χ4n) is 2.37. The lowest BCUT2D eigenvalue weighted by Gasteiger charge is -2.15. The van der Waals surface area contributed by atoms with Crippen LogP contribution in [0.5, 0.6) is 0 Å². The van der Waals surface area contributed by atoms with Gasteiger partial charge in [0, 0.05) is 9.35 Å². The lowest BCUT2D eigenvalue weighted by atomic mass is 10.0. The van der Waals surface area contributed by atoms with Crippen LogP contribution in [-0.2, 0) is 0 Å². The van der Waals surface area contributed by atoms with Crippen molar-refractivity contribution < 1.29 is 0 Å². The van der Waals surface area contributed by atoms with Gasteiger partial charge in [-0.2, -0.15) is 0 Å². The number of fused-ring (bicyclic) bond motifs is 1. The van der Waals surface area contributed by atoms with E-state index in [1.165, 1.54) is 21.2 Å². The van der Waals surface area contributed by atoms with Crippen molar-refractivity contribution in [2.24, 2.45) is 0 Å². The van der Waals surface area contributed by atoms with Crippen molar-refractivity contribution in [1.82, 2.24) is 5.32 Å². The molecule has 0 aliphatic rings. The first-order chi connectivity index (χ1) is 9.69. The minimum Gasteiger partial charge on any atom is -0.309 e. The smallest absolute Gasteiger partial charge is 0.0843 e. The summed E-state index contributed by atoms with van der Waals surface area (Å²) in [5.41, 5.74) is 1.28. The third-order valence-corrected chi connectivity index (χ3v) is 6.67. The molecule has 1 nitrogen and oxygen atoms in total. The molecule has 1 N–H and O–H groups in total. The van der Waals surface area contributed by atoms with Crippen LogP contribution in [0.3, 0.4) is 0 Å². The van der Waals surface area contributed by atoms with Crippen molar-refractivity contribution in [2.75, 3.05) is 7.05 Å². The van der Waals surface area contributed by atoms with E-state index in [9.17, 15) is 0 Å². The van der Waals surface area contributed by atoms with E-state index in [1.54, 1.807) is 11.3 Å². The van der Waals surface area contributed by atoms with E-state index in [4.69, 9.17) is 0 Å². The molecule has 1 aromatic heterocycles.